The second-order valence-electron chi connectivity index (χ2n) is 4.83. The van der Waals surface area contributed by atoms with Gasteiger partial charge < -0.3 is 9.47 Å². The molecular weight excluding hydrogens is 286 g/mol. The monoisotopic (exact) mass is 297 g/mol. The molecule has 3 heterocycles. The molecule has 2 aromatic heterocycles. The first-order valence-corrected chi connectivity index (χ1v) is 7.32. The Kier molecular flexibility index (Phi) is 2.68. The summed E-state index contributed by atoms with van der Waals surface area (Å²) in [7, 11) is 0. The molecule has 0 spiro atoms. The molecule has 4 nitrogen and oxygen atoms in total. The molecular formula is C16H11NO3S. The van der Waals surface area contributed by atoms with Crippen LogP contribution in [0.3, 0.4) is 0 Å². The zero-order valence-electron chi connectivity index (χ0n) is 11.3. The number of ketones is 1. The van der Waals surface area contributed by atoms with Gasteiger partial charge in [-0.2, -0.15) is 0 Å². The minimum absolute atomic E-state index is 0.0767. The number of pyridine rings is 1. The molecule has 0 aliphatic carbocycles. The molecule has 0 radical (unpaired) electrons. The van der Waals surface area contributed by atoms with Crippen LogP contribution in [-0.4, -0.2) is 17.6 Å². The van der Waals surface area contributed by atoms with E-state index in [2.05, 4.69) is 4.98 Å². The topological polar surface area (TPSA) is 48.4 Å². The summed E-state index contributed by atoms with van der Waals surface area (Å²) in [5.41, 5.74) is 2.00. The molecule has 104 valence electrons. The van der Waals surface area contributed by atoms with E-state index < -0.39 is 0 Å². The lowest BCUT2D eigenvalue weighted by atomic mass is 10.0. The van der Waals surface area contributed by atoms with Gasteiger partial charge in [0, 0.05) is 23.3 Å². The average Bonchev–Trinajstić information content (AvgIpc) is 3.12. The normalized spacial score (nSPS) is 12.8. The molecule has 0 bridgehead atoms. The predicted octanol–water partition coefficient (Wildman–Crippen LogP) is 3.89. The van der Waals surface area contributed by atoms with Crippen LogP contribution in [0.1, 0.15) is 16.6 Å². The maximum Gasteiger partial charge on any atom is 0.231 e. The van der Waals surface area contributed by atoms with Crippen molar-refractivity contribution in [3.63, 3.8) is 0 Å². The number of carbonyl (C=O) groups is 1. The van der Waals surface area contributed by atoms with E-state index in [9.17, 15) is 4.79 Å². The molecule has 0 saturated heterocycles. The van der Waals surface area contributed by atoms with Gasteiger partial charge in [-0.1, -0.05) is 6.07 Å². The van der Waals surface area contributed by atoms with E-state index in [1.165, 1.54) is 11.3 Å². The molecule has 5 heteroatoms. The Morgan fingerprint density at radius 3 is 2.90 bits per heavy atom. The highest BCUT2D eigenvalue weighted by Gasteiger charge is 2.16. The molecule has 0 amide bonds. The third kappa shape index (κ3) is 1.97. The minimum Gasteiger partial charge on any atom is -0.454 e. The Hall–Kier alpha value is -2.40. The smallest absolute Gasteiger partial charge is 0.231 e. The first kappa shape index (κ1) is 12.3. The largest absolute Gasteiger partial charge is 0.454 e. The predicted molar refractivity (Wildman–Crippen MR) is 81.2 cm³/mol. The van der Waals surface area contributed by atoms with Gasteiger partial charge in [0.05, 0.1) is 9.58 Å². The fraction of sp³-hybridized carbons (Fsp3) is 0.125. The average molecular weight is 297 g/mol. The summed E-state index contributed by atoms with van der Waals surface area (Å²) in [4.78, 5) is 16.6. The molecule has 0 atom stereocenters. The number of rotatable bonds is 2. The summed E-state index contributed by atoms with van der Waals surface area (Å²) in [6.45, 7) is 1.84. The van der Waals surface area contributed by atoms with Gasteiger partial charge in [-0.05, 0) is 30.7 Å². The second kappa shape index (κ2) is 4.56. The zero-order valence-corrected chi connectivity index (χ0v) is 12.1. The van der Waals surface area contributed by atoms with E-state index in [4.69, 9.17) is 9.47 Å². The molecule has 4 rings (SSSR count). The number of fused-ring (bicyclic) bond motifs is 2. The van der Waals surface area contributed by atoms with E-state index >= 15 is 0 Å². The Balaban J connectivity index is 1.91. The van der Waals surface area contributed by atoms with Gasteiger partial charge in [-0.15, -0.1) is 11.3 Å². The van der Waals surface area contributed by atoms with Crippen molar-refractivity contribution in [3.05, 3.63) is 41.5 Å². The van der Waals surface area contributed by atoms with Crippen molar-refractivity contribution in [1.82, 2.24) is 4.98 Å². The van der Waals surface area contributed by atoms with E-state index in [1.54, 1.807) is 13.1 Å². The Bertz CT molecular complexity index is 869. The molecule has 0 unspecified atom stereocenters. The number of thiophene rings is 1. The molecule has 1 aliphatic rings. The van der Waals surface area contributed by atoms with Gasteiger partial charge in [-0.3, -0.25) is 9.78 Å². The lowest BCUT2D eigenvalue weighted by Gasteiger charge is -2.04. The summed E-state index contributed by atoms with van der Waals surface area (Å²) in [6, 6.07) is 7.76. The standard InChI is InChI=1S/C16H11NO3S/c1-9(18)15-5-11-12(6-17-7-16(11)21-15)10-2-3-13-14(4-10)20-8-19-13/h2-7H,8H2,1H3. The van der Waals surface area contributed by atoms with Crippen LogP contribution in [0.2, 0.25) is 0 Å². The van der Waals surface area contributed by atoms with Gasteiger partial charge in [0.2, 0.25) is 6.79 Å². The van der Waals surface area contributed by atoms with E-state index in [1.807, 2.05) is 30.5 Å². The van der Waals surface area contributed by atoms with Crippen LogP contribution in [0.5, 0.6) is 11.5 Å². The van der Waals surface area contributed by atoms with Crippen LogP contribution in [-0.2, 0) is 0 Å². The lowest BCUT2D eigenvalue weighted by Crippen LogP contribution is -1.92. The second-order valence-corrected chi connectivity index (χ2v) is 5.92. The molecule has 0 saturated carbocycles. The van der Waals surface area contributed by atoms with Crippen LogP contribution in [0.25, 0.3) is 21.2 Å². The van der Waals surface area contributed by atoms with Crippen LogP contribution >= 0.6 is 11.3 Å². The highest BCUT2D eigenvalue weighted by molar-refractivity contribution is 7.20. The van der Waals surface area contributed by atoms with Crippen molar-refractivity contribution in [2.45, 2.75) is 6.92 Å². The van der Waals surface area contributed by atoms with Gasteiger partial charge in [0.1, 0.15) is 0 Å². The first-order chi connectivity index (χ1) is 10.2. The molecule has 0 N–H and O–H groups in total. The van der Waals surface area contributed by atoms with Crippen molar-refractivity contribution >= 4 is 27.2 Å². The Morgan fingerprint density at radius 1 is 1.19 bits per heavy atom. The number of nitrogens with zero attached hydrogens (tertiary/aromatic N) is 1. The maximum atomic E-state index is 11.6. The van der Waals surface area contributed by atoms with Gasteiger partial charge in [0.25, 0.3) is 0 Å². The van der Waals surface area contributed by atoms with E-state index in [-0.39, 0.29) is 12.6 Å². The van der Waals surface area contributed by atoms with E-state index in [0.29, 0.717) is 0 Å². The first-order valence-electron chi connectivity index (χ1n) is 6.51. The lowest BCUT2D eigenvalue weighted by molar-refractivity contribution is 0.102. The molecule has 21 heavy (non-hydrogen) atoms. The van der Waals surface area contributed by atoms with Gasteiger partial charge in [0.15, 0.2) is 17.3 Å². The number of benzene rings is 1. The van der Waals surface area contributed by atoms with Crippen LogP contribution in [0, 0.1) is 0 Å². The highest BCUT2D eigenvalue weighted by atomic mass is 32.1. The summed E-state index contributed by atoms with van der Waals surface area (Å²) < 4.78 is 11.8. The zero-order chi connectivity index (χ0) is 14.4. The third-order valence-corrected chi connectivity index (χ3v) is 4.65. The number of ether oxygens (including phenoxy) is 2. The minimum atomic E-state index is 0.0767. The summed E-state index contributed by atoms with van der Waals surface area (Å²) in [5, 5.41) is 1.04. The van der Waals surface area contributed by atoms with Crippen LogP contribution < -0.4 is 9.47 Å². The fourth-order valence-corrected chi connectivity index (χ4v) is 3.38. The molecule has 3 aromatic rings. The summed E-state index contributed by atoms with van der Waals surface area (Å²) >= 11 is 1.47. The number of Topliss-reactive ketones (excluding diaryl/α,β-unsaturated/α-hetero) is 1. The van der Waals surface area contributed by atoms with Crippen molar-refractivity contribution in [2.75, 3.05) is 6.79 Å². The van der Waals surface area contributed by atoms with Crippen molar-refractivity contribution in [2.24, 2.45) is 0 Å². The molecule has 1 aliphatic heterocycles. The fourth-order valence-electron chi connectivity index (χ4n) is 2.43. The number of hydrogen-bond acceptors (Lipinski definition) is 5. The highest BCUT2D eigenvalue weighted by Crippen LogP contribution is 2.39. The van der Waals surface area contributed by atoms with Crippen molar-refractivity contribution in [3.8, 4) is 22.6 Å². The van der Waals surface area contributed by atoms with Crippen molar-refractivity contribution < 1.29 is 14.3 Å². The van der Waals surface area contributed by atoms with Crippen LogP contribution in [0.15, 0.2) is 36.7 Å². The van der Waals surface area contributed by atoms with Gasteiger partial charge in [-0.25, -0.2) is 0 Å². The van der Waals surface area contributed by atoms with Crippen molar-refractivity contribution in [1.29, 1.82) is 0 Å². The number of aromatic nitrogens is 1. The van der Waals surface area contributed by atoms with E-state index in [0.717, 1.165) is 37.6 Å². The van der Waals surface area contributed by atoms with Crippen LogP contribution in [0.4, 0.5) is 0 Å². The number of hydrogen-bond donors (Lipinski definition) is 0. The third-order valence-electron chi connectivity index (χ3n) is 3.48. The Labute approximate surface area is 125 Å². The maximum absolute atomic E-state index is 11.6. The summed E-state index contributed by atoms with van der Waals surface area (Å²) in [6.07, 6.45) is 3.61. The summed E-state index contributed by atoms with van der Waals surface area (Å²) in [5.74, 6) is 1.58. The SMILES string of the molecule is CC(=O)c1cc2c(-c3ccc4c(c3)OCO4)cncc2s1. The quantitative estimate of drug-likeness (QED) is 0.673. The molecule has 0 fully saturated rings. The number of carbonyl (C=O) groups excluding carboxylic acids is 1. The van der Waals surface area contributed by atoms with Gasteiger partial charge >= 0.3 is 0 Å². The Morgan fingerprint density at radius 2 is 2.05 bits per heavy atom. The molecule has 1 aromatic carbocycles.